The molecular formula is C16H28Cl2N4O2. The third-order valence-electron chi connectivity index (χ3n) is 3.55. The van der Waals surface area contributed by atoms with Crippen LogP contribution in [-0.2, 0) is 16.1 Å². The van der Waals surface area contributed by atoms with Gasteiger partial charge < -0.3 is 20.7 Å². The molecule has 0 saturated carbocycles. The number of pyridine rings is 1. The van der Waals surface area contributed by atoms with Crippen LogP contribution in [-0.4, -0.2) is 42.2 Å². The monoisotopic (exact) mass is 378 g/mol. The molecule has 2 rings (SSSR count). The van der Waals surface area contributed by atoms with Gasteiger partial charge in [0.2, 0.25) is 5.91 Å². The van der Waals surface area contributed by atoms with Crippen LogP contribution in [0.25, 0.3) is 0 Å². The van der Waals surface area contributed by atoms with E-state index in [4.69, 9.17) is 10.5 Å². The number of morpholine rings is 1. The van der Waals surface area contributed by atoms with Gasteiger partial charge in [0.25, 0.3) is 0 Å². The minimum Gasteiger partial charge on any atom is -0.372 e. The van der Waals surface area contributed by atoms with Gasteiger partial charge in [0.1, 0.15) is 5.82 Å². The lowest BCUT2D eigenvalue weighted by Gasteiger charge is -2.36. The van der Waals surface area contributed by atoms with E-state index in [0.717, 1.165) is 24.5 Å². The predicted octanol–water partition coefficient (Wildman–Crippen LogP) is 1.89. The number of rotatable bonds is 5. The van der Waals surface area contributed by atoms with Gasteiger partial charge in [0.05, 0.1) is 12.2 Å². The van der Waals surface area contributed by atoms with E-state index < -0.39 is 0 Å². The van der Waals surface area contributed by atoms with Gasteiger partial charge in [0.15, 0.2) is 0 Å². The van der Waals surface area contributed by atoms with Crippen LogP contribution in [0.4, 0.5) is 5.82 Å². The Balaban J connectivity index is 0.00000264. The van der Waals surface area contributed by atoms with E-state index in [1.54, 1.807) is 0 Å². The number of ether oxygens (including phenoxy) is 1. The maximum absolute atomic E-state index is 11.6. The molecule has 8 heteroatoms. The largest absolute Gasteiger partial charge is 0.372 e. The second-order valence-electron chi connectivity index (χ2n) is 6.15. The van der Waals surface area contributed by atoms with Gasteiger partial charge in [-0.15, -0.1) is 24.8 Å². The fraction of sp³-hybridized carbons (Fsp3) is 0.625. The average Bonchev–Trinajstić information content (AvgIpc) is 2.44. The highest BCUT2D eigenvalue weighted by Gasteiger charge is 2.22. The molecular weight excluding hydrogens is 351 g/mol. The molecule has 1 aromatic heterocycles. The van der Waals surface area contributed by atoms with E-state index in [1.165, 1.54) is 0 Å². The standard InChI is InChI=1S/C16H26N4O2.2ClH/c1-11(17)6-16(21)19-8-14-4-5-15(18-7-14)20-9-12(2)22-13(3)10-20;;/h4-5,7,11-13H,6,8-10,17H2,1-3H3,(H,19,21);2*1H. The molecule has 3 unspecified atom stereocenters. The second-order valence-corrected chi connectivity index (χ2v) is 6.15. The van der Waals surface area contributed by atoms with E-state index in [1.807, 2.05) is 25.3 Å². The summed E-state index contributed by atoms with van der Waals surface area (Å²) in [6.07, 6.45) is 2.58. The van der Waals surface area contributed by atoms with Crippen molar-refractivity contribution in [3.05, 3.63) is 23.9 Å². The molecule has 6 nitrogen and oxygen atoms in total. The zero-order valence-electron chi connectivity index (χ0n) is 14.4. The summed E-state index contributed by atoms with van der Waals surface area (Å²) in [5, 5.41) is 2.85. The highest BCUT2D eigenvalue weighted by atomic mass is 35.5. The van der Waals surface area contributed by atoms with Gasteiger partial charge in [0, 0.05) is 38.3 Å². The average molecular weight is 379 g/mol. The molecule has 0 radical (unpaired) electrons. The smallest absolute Gasteiger partial charge is 0.221 e. The van der Waals surface area contributed by atoms with E-state index in [9.17, 15) is 4.79 Å². The van der Waals surface area contributed by atoms with Crippen molar-refractivity contribution in [1.29, 1.82) is 0 Å². The second kappa shape index (κ2) is 10.7. The van der Waals surface area contributed by atoms with Gasteiger partial charge in [-0.2, -0.15) is 0 Å². The Morgan fingerprint density at radius 2 is 2.00 bits per heavy atom. The first-order valence-corrected chi connectivity index (χ1v) is 7.81. The fourth-order valence-corrected chi connectivity index (χ4v) is 2.64. The number of amides is 1. The van der Waals surface area contributed by atoms with Crippen molar-refractivity contribution in [2.45, 2.75) is 52.0 Å². The molecule has 3 atom stereocenters. The third-order valence-corrected chi connectivity index (χ3v) is 3.55. The highest BCUT2D eigenvalue weighted by Crippen LogP contribution is 2.18. The van der Waals surface area contributed by atoms with E-state index >= 15 is 0 Å². The van der Waals surface area contributed by atoms with Crippen LogP contribution < -0.4 is 16.0 Å². The summed E-state index contributed by atoms with van der Waals surface area (Å²) in [7, 11) is 0. The number of halogens is 2. The minimum absolute atomic E-state index is 0. The molecule has 0 spiro atoms. The van der Waals surface area contributed by atoms with Crippen LogP contribution in [0.5, 0.6) is 0 Å². The quantitative estimate of drug-likeness (QED) is 0.817. The van der Waals surface area contributed by atoms with Crippen molar-refractivity contribution >= 4 is 36.5 Å². The molecule has 1 aromatic rings. The lowest BCUT2D eigenvalue weighted by atomic mass is 10.2. The van der Waals surface area contributed by atoms with Crippen LogP contribution >= 0.6 is 24.8 Å². The summed E-state index contributed by atoms with van der Waals surface area (Å²) in [4.78, 5) is 18.3. The summed E-state index contributed by atoms with van der Waals surface area (Å²) in [5.74, 6) is 0.919. The lowest BCUT2D eigenvalue weighted by Crippen LogP contribution is -2.45. The molecule has 1 amide bonds. The molecule has 1 fully saturated rings. The number of hydrogen-bond acceptors (Lipinski definition) is 5. The van der Waals surface area contributed by atoms with Crippen molar-refractivity contribution in [2.24, 2.45) is 5.73 Å². The molecule has 0 aliphatic carbocycles. The Bertz CT molecular complexity index is 489. The molecule has 1 aliphatic heterocycles. The van der Waals surface area contributed by atoms with Crippen molar-refractivity contribution in [1.82, 2.24) is 10.3 Å². The molecule has 0 bridgehead atoms. The lowest BCUT2D eigenvalue weighted by molar-refractivity contribution is -0.121. The zero-order valence-corrected chi connectivity index (χ0v) is 16.0. The van der Waals surface area contributed by atoms with E-state index in [2.05, 4.69) is 29.0 Å². The number of hydrogen-bond donors (Lipinski definition) is 2. The number of carbonyl (C=O) groups is 1. The Morgan fingerprint density at radius 3 is 2.50 bits per heavy atom. The number of nitrogens with one attached hydrogen (secondary N) is 1. The van der Waals surface area contributed by atoms with Crippen LogP contribution in [0.15, 0.2) is 18.3 Å². The minimum atomic E-state index is -0.120. The molecule has 1 saturated heterocycles. The molecule has 3 N–H and O–H groups in total. The third kappa shape index (κ3) is 7.21. The van der Waals surface area contributed by atoms with Gasteiger partial charge in [-0.05, 0) is 32.4 Å². The molecule has 2 heterocycles. The Labute approximate surface area is 156 Å². The highest BCUT2D eigenvalue weighted by molar-refractivity contribution is 5.85. The van der Waals surface area contributed by atoms with Crippen molar-refractivity contribution < 1.29 is 9.53 Å². The van der Waals surface area contributed by atoms with Gasteiger partial charge in [-0.1, -0.05) is 6.07 Å². The number of aromatic nitrogens is 1. The van der Waals surface area contributed by atoms with Gasteiger partial charge >= 0.3 is 0 Å². The number of nitrogens with zero attached hydrogens (tertiary/aromatic N) is 2. The normalized spacial score (nSPS) is 21.2. The molecule has 138 valence electrons. The van der Waals surface area contributed by atoms with E-state index in [-0.39, 0.29) is 49.0 Å². The number of nitrogens with two attached hydrogens (primary N) is 1. The number of anilines is 1. The fourth-order valence-electron chi connectivity index (χ4n) is 2.64. The summed E-state index contributed by atoms with van der Waals surface area (Å²) in [6.45, 7) is 8.15. The van der Waals surface area contributed by atoms with Crippen molar-refractivity contribution in [3.8, 4) is 0 Å². The topological polar surface area (TPSA) is 80.5 Å². The number of carbonyl (C=O) groups excluding carboxylic acids is 1. The Morgan fingerprint density at radius 1 is 1.38 bits per heavy atom. The van der Waals surface area contributed by atoms with Gasteiger partial charge in [-0.25, -0.2) is 4.98 Å². The van der Waals surface area contributed by atoms with Crippen LogP contribution in [0, 0.1) is 0 Å². The zero-order chi connectivity index (χ0) is 16.1. The van der Waals surface area contributed by atoms with E-state index in [0.29, 0.717) is 13.0 Å². The van der Waals surface area contributed by atoms with Crippen LogP contribution in [0.1, 0.15) is 32.8 Å². The maximum Gasteiger partial charge on any atom is 0.221 e. The van der Waals surface area contributed by atoms with Crippen molar-refractivity contribution in [2.75, 3.05) is 18.0 Å². The van der Waals surface area contributed by atoms with Gasteiger partial charge in [-0.3, -0.25) is 4.79 Å². The molecule has 24 heavy (non-hydrogen) atoms. The Hall–Kier alpha value is -1.08. The summed E-state index contributed by atoms with van der Waals surface area (Å²) in [6, 6.07) is 3.88. The molecule has 0 aromatic carbocycles. The first-order valence-electron chi connectivity index (χ1n) is 7.81. The Kier molecular flexibility index (Phi) is 10.2. The van der Waals surface area contributed by atoms with Crippen molar-refractivity contribution in [3.63, 3.8) is 0 Å². The first-order chi connectivity index (χ1) is 10.4. The van der Waals surface area contributed by atoms with Crippen LogP contribution in [0.2, 0.25) is 0 Å². The maximum atomic E-state index is 11.6. The summed E-state index contributed by atoms with van der Waals surface area (Å²) < 4.78 is 5.73. The molecule has 1 aliphatic rings. The SMILES string of the molecule is CC(N)CC(=O)NCc1ccc(N2CC(C)OC(C)C2)nc1.Cl.Cl. The predicted molar refractivity (Wildman–Crippen MR) is 101 cm³/mol. The summed E-state index contributed by atoms with van der Waals surface area (Å²) in [5.41, 5.74) is 6.58. The van der Waals surface area contributed by atoms with Crippen LogP contribution in [0.3, 0.4) is 0 Å². The first kappa shape index (κ1) is 22.9. The summed E-state index contributed by atoms with van der Waals surface area (Å²) >= 11 is 0.